The van der Waals surface area contributed by atoms with Crippen LogP contribution in [0.25, 0.3) is 0 Å². The molecular weight excluding hydrogens is 352 g/mol. The SMILES string of the molecule is CCCN(CC(=O)Nc1ccccc1C)C(=O)CCOc1cc(C)ccc1C. The summed E-state index contributed by atoms with van der Waals surface area (Å²) in [5.41, 5.74) is 3.93. The highest BCUT2D eigenvalue weighted by atomic mass is 16.5. The van der Waals surface area contributed by atoms with Gasteiger partial charge in [-0.05, 0) is 56.0 Å². The van der Waals surface area contributed by atoms with Gasteiger partial charge in [0.2, 0.25) is 11.8 Å². The van der Waals surface area contributed by atoms with Gasteiger partial charge in [-0.15, -0.1) is 0 Å². The van der Waals surface area contributed by atoms with Gasteiger partial charge in [0, 0.05) is 12.2 Å². The third kappa shape index (κ3) is 6.41. The van der Waals surface area contributed by atoms with Crippen LogP contribution < -0.4 is 10.1 Å². The summed E-state index contributed by atoms with van der Waals surface area (Å²) in [7, 11) is 0. The molecule has 1 N–H and O–H groups in total. The van der Waals surface area contributed by atoms with E-state index in [-0.39, 0.29) is 24.8 Å². The molecule has 2 rings (SSSR count). The van der Waals surface area contributed by atoms with Gasteiger partial charge in [-0.3, -0.25) is 9.59 Å². The Morgan fingerprint density at radius 2 is 1.79 bits per heavy atom. The lowest BCUT2D eigenvalue weighted by atomic mass is 10.1. The van der Waals surface area contributed by atoms with Crippen molar-refractivity contribution in [3.05, 3.63) is 59.2 Å². The zero-order valence-electron chi connectivity index (χ0n) is 17.2. The third-order valence-electron chi connectivity index (χ3n) is 4.52. The minimum atomic E-state index is -0.188. The first-order valence-corrected chi connectivity index (χ1v) is 9.74. The Kier molecular flexibility index (Phi) is 8.05. The van der Waals surface area contributed by atoms with Crippen LogP contribution in [0.3, 0.4) is 0 Å². The predicted octanol–water partition coefficient (Wildman–Crippen LogP) is 4.26. The van der Waals surface area contributed by atoms with Gasteiger partial charge < -0.3 is 15.0 Å². The number of amides is 2. The molecule has 0 saturated carbocycles. The number of hydrogen-bond acceptors (Lipinski definition) is 3. The van der Waals surface area contributed by atoms with Crippen LogP contribution in [-0.2, 0) is 9.59 Å². The van der Waals surface area contributed by atoms with E-state index >= 15 is 0 Å². The lowest BCUT2D eigenvalue weighted by Crippen LogP contribution is -2.39. The van der Waals surface area contributed by atoms with E-state index in [0.717, 1.165) is 34.5 Å². The molecule has 0 saturated heterocycles. The Morgan fingerprint density at radius 3 is 2.50 bits per heavy atom. The fourth-order valence-electron chi connectivity index (χ4n) is 2.91. The van der Waals surface area contributed by atoms with E-state index in [1.165, 1.54) is 0 Å². The van der Waals surface area contributed by atoms with Crippen LogP contribution in [0.15, 0.2) is 42.5 Å². The molecule has 0 aliphatic heterocycles. The molecular formula is C23H30N2O3. The average molecular weight is 383 g/mol. The molecule has 0 unspecified atom stereocenters. The molecule has 28 heavy (non-hydrogen) atoms. The molecule has 0 aromatic heterocycles. The van der Waals surface area contributed by atoms with E-state index in [2.05, 4.69) is 5.32 Å². The predicted molar refractivity (Wildman–Crippen MR) is 113 cm³/mol. The number of carbonyl (C=O) groups excluding carboxylic acids is 2. The lowest BCUT2D eigenvalue weighted by Gasteiger charge is -2.22. The number of rotatable bonds is 9. The maximum Gasteiger partial charge on any atom is 0.244 e. The molecule has 0 bridgehead atoms. The summed E-state index contributed by atoms with van der Waals surface area (Å²) in [5, 5.41) is 2.89. The van der Waals surface area contributed by atoms with Crippen molar-refractivity contribution < 1.29 is 14.3 Å². The summed E-state index contributed by atoms with van der Waals surface area (Å²) in [5.74, 6) is 0.533. The van der Waals surface area contributed by atoms with Gasteiger partial charge in [0.05, 0.1) is 19.6 Å². The van der Waals surface area contributed by atoms with Gasteiger partial charge in [-0.25, -0.2) is 0 Å². The van der Waals surface area contributed by atoms with Crippen LogP contribution in [0.2, 0.25) is 0 Å². The second kappa shape index (κ2) is 10.5. The van der Waals surface area contributed by atoms with E-state index in [1.807, 2.05) is 70.2 Å². The average Bonchev–Trinajstić information content (AvgIpc) is 2.66. The molecule has 5 heteroatoms. The summed E-state index contributed by atoms with van der Waals surface area (Å²) in [6, 6.07) is 13.6. The number of anilines is 1. The number of hydrogen-bond donors (Lipinski definition) is 1. The van der Waals surface area contributed by atoms with Crippen molar-refractivity contribution in [3.8, 4) is 5.75 Å². The standard InChI is InChI=1S/C23H30N2O3/c1-5-13-25(16-22(26)24-20-9-7-6-8-18(20)3)23(27)12-14-28-21-15-17(2)10-11-19(21)4/h6-11,15H,5,12-14,16H2,1-4H3,(H,24,26). The Balaban J connectivity index is 1.89. The first-order valence-electron chi connectivity index (χ1n) is 9.74. The van der Waals surface area contributed by atoms with Crippen molar-refractivity contribution in [1.29, 1.82) is 0 Å². The summed E-state index contributed by atoms with van der Waals surface area (Å²) >= 11 is 0. The number of nitrogens with zero attached hydrogens (tertiary/aromatic N) is 1. The Morgan fingerprint density at radius 1 is 1.04 bits per heavy atom. The van der Waals surface area contributed by atoms with Gasteiger partial charge >= 0.3 is 0 Å². The molecule has 2 amide bonds. The van der Waals surface area contributed by atoms with E-state index in [0.29, 0.717) is 13.2 Å². The summed E-state index contributed by atoms with van der Waals surface area (Å²) in [4.78, 5) is 26.6. The number of carbonyl (C=O) groups is 2. The molecule has 150 valence electrons. The molecule has 2 aromatic rings. The van der Waals surface area contributed by atoms with Gasteiger partial charge in [0.25, 0.3) is 0 Å². The molecule has 0 aliphatic rings. The van der Waals surface area contributed by atoms with Crippen molar-refractivity contribution in [2.45, 2.75) is 40.5 Å². The highest BCUT2D eigenvalue weighted by molar-refractivity contribution is 5.95. The van der Waals surface area contributed by atoms with Crippen LogP contribution >= 0.6 is 0 Å². The maximum atomic E-state index is 12.6. The van der Waals surface area contributed by atoms with Crippen LogP contribution in [0.4, 0.5) is 5.69 Å². The van der Waals surface area contributed by atoms with E-state index < -0.39 is 0 Å². The second-order valence-corrected chi connectivity index (χ2v) is 7.05. The Hall–Kier alpha value is -2.82. The molecule has 0 spiro atoms. The fraction of sp³-hybridized carbons (Fsp3) is 0.391. The minimum Gasteiger partial charge on any atom is -0.493 e. The molecule has 0 heterocycles. The van der Waals surface area contributed by atoms with Crippen molar-refractivity contribution >= 4 is 17.5 Å². The summed E-state index contributed by atoms with van der Waals surface area (Å²) < 4.78 is 5.78. The van der Waals surface area contributed by atoms with Gasteiger partial charge in [-0.1, -0.05) is 37.3 Å². The minimum absolute atomic E-state index is 0.0461. The third-order valence-corrected chi connectivity index (χ3v) is 4.52. The number of ether oxygens (including phenoxy) is 1. The highest BCUT2D eigenvalue weighted by Gasteiger charge is 2.17. The first-order chi connectivity index (χ1) is 13.4. The van der Waals surface area contributed by atoms with Crippen molar-refractivity contribution in [3.63, 3.8) is 0 Å². The fourth-order valence-corrected chi connectivity index (χ4v) is 2.91. The monoisotopic (exact) mass is 382 g/mol. The second-order valence-electron chi connectivity index (χ2n) is 7.05. The summed E-state index contributed by atoms with van der Waals surface area (Å²) in [6.45, 7) is 8.81. The van der Waals surface area contributed by atoms with Crippen molar-refractivity contribution in [1.82, 2.24) is 4.90 Å². The van der Waals surface area contributed by atoms with E-state index in [4.69, 9.17) is 4.74 Å². The lowest BCUT2D eigenvalue weighted by molar-refractivity contribution is -0.135. The number of nitrogens with one attached hydrogen (secondary N) is 1. The number of para-hydroxylation sites is 1. The van der Waals surface area contributed by atoms with Gasteiger partial charge in [0.1, 0.15) is 5.75 Å². The quantitative estimate of drug-likeness (QED) is 0.705. The van der Waals surface area contributed by atoms with Crippen LogP contribution in [0.5, 0.6) is 5.75 Å². The van der Waals surface area contributed by atoms with Gasteiger partial charge in [0.15, 0.2) is 0 Å². The van der Waals surface area contributed by atoms with E-state index in [9.17, 15) is 9.59 Å². The first kappa shape index (κ1) is 21.5. The normalized spacial score (nSPS) is 10.4. The molecule has 5 nitrogen and oxygen atoms in total. The van der Waals surface area contributed by atoms with E-state index in [1.54, 1.807) is 4.90 Å². The number of benzene rings is 2. The smallest absolute Gasteiger partial charge is 0.244 e. The van der Waals surface area contributed by atoms with Crippen molar-refractivity contribution in [2.24, 2.45) is 0 Å². The zero-order chi connectivity index (χ0) is 20.5. The van der Waals surface area contributed by atoms with Crippen LogP contribution in [0.1, 0.15) is 36.5 Å². The molecule has 0 atom stereocenters. The van der Waals surface area contributed by atoms with Crippen LogP contribution in [0, 0.1) is 20.8 Å². The number of aryl methyl sites for hydroxylation is 3. The summed E-state index contributed by atoms with van der Waals surface area (Å²) in [6.07, 6.45) is 1.03. The van der Waals surface area contributed by atoms with Crippen LogP contribution in [-0.4, -0.2) is 36.4 Å². The molecule has 2 aromatic carbocycles. The topological polar surface area (TPSA) is 58.6 Å². The van der Waals surface area contributed by atoms with Crippen molar-refractivity contribution in [2.75, 3.05) is 25.0 Å². The molecule has 0 fully saturated rings. The Labute approximate surface area is 167 Å². The zero-order valence-corrected chi connectivity index (χ0v) is 17.2. The molecule has 0 radical (unpaired) electrons. The Bertz CT molecular complexity index is 817. The van der Waals surface area contributed by atoms with Gasteiger partial charge in [-0.2, -0.15) is 0 Å². The maximum absolute atomic E-state index is 12.6. The molecule has 0 aliphatic carbocycles. The largest absolute Gasteiger partial charge is 0.493 e. The highest BCUT2D eigenvalue weighted by Crippen LogP contribution is 2.19.